The van der Waals surface area contributed by atoms with E-state index in [1.54, 1.807) is 19.9 Å². The first-order valence-electron chi connectivity index (χ1n) is 10.5. The van der Waals surface area contributed by atoms with E-state index in [9.17, 15) is 23.1 Å². The molecule has 2 atom stereocenters. The standard InChI is InChI=1S/C22H27NO8S/c1-11-12(2)21(26)30-20-13-5-6-22(3,4)31-16(13)7-17(19(11)20)29-8-18(25)23-14-9-32(27,28)10-15(14)24/h7,14-15,24H,5-6,8-10H2,1-4H3,(H,23,25). The number of hydrogen-bond acceptors (Lipinski definition) is 8. The van der Waals surface area contributed by atoms with E-state index >= 15 is 0 Å². The van der Waals surface area contributed by atoms with Gasteiger partial charge >= 0.3 is 5.63 Å². The second kappa shape index (κ2) is 7.77. The first-order valence-corrected chi connectivity index (χ1v) is 12.3. The molecule has 0 spiro atoms. The van der Waals surface area contributed by atoms with E-state index in [4.69, 9.17) is 13.9 Å². The van der Waals surface area contributed by atoms with Crippen molar-refractivity contribution in [2.24, 2.45) is 0 Å². The summed E-state index contributed by atoms with van der Waals surface area (Å²) in [5.41, 5.74) is 1.47. The van der Waals surface area contributed by atoms with Crippen LogP contribution in [-0.2, 0) is 21.1 Å². The Kier molecular flexibility index (Phi) is 5.49. The lowest BCUT2D eigenvalue weighted by Crippen LogP contribution is -2.44. The van der Waals surface area contributed by atoms with Crippen LogP contribution in [0.3, 0.4) is 0 Å². The first-order chi connectivity index (χ1) is 14.9. The Balaban J connectivity index is 1.65. The Morgan fingerprint density at radius 1 is 1.28 bits per heavy atom. The van der Waals surface area contributed by atoms with Crippen molar-refractivity contribution in [2.75, 3.05) is 18.1 Å². The fraction of sp³-hybridized carbons (Fsp3) is 0.545. The lowest BCUT2D eigenvalue weighted by atomic mass is 9.92. The first kappa shape index (κ1) is 22.6. The molecular weight excluding hydrogens is 438 g/mol. The van der Waals surface area contributed by atoms with Gasteiger partial charge in [0.1, 0.15) is 22.7 Å². The number of carbonyl (C=O) groups excluding carboxylic acids is 1. The molecule has 174 valence electrons. The van der Waals surface area contributed by atoms with Crippen molar-refractivity contribution in [1.29, 1.82) is 0 Å². The van der Waals surface area contributed by atoms with Crippen LogP contribution in [0.5, 0.6) is 11.5 Å². The van der Waals surface area contributed by atoms with Gasteiger partial charge in [-0.25, -0.2) is 13.2 Å². The van der Waals surface area contributed by atoms with E-state index in [2.05, 4.69) is 5.32 Å². The third kappa shape index (κ3) is 4.21. The fourth-order valence-electron chi connectivity index (χ4n) is 4.21. The average molecular weight is 466 g/mol. The number of fused-ring (bicyclic) bond motifs is 3. The normalized spacial score (nSPS) is 23.4. The van der Waals surface area contributed by atoms with Gasteiger partial charge in [0.2, 0.25) is 0 Å². The molecule has 0 radical (unpaired) electrons. The summed E-state index contributed by atoms with van der Waals surface area (Å²) in [6.07, 6.45) is 0.267. The number of aliphatic hydroxyl groups excluding tert-OH is 1. The highest BCUT2D eigenvalue weighted by atomic mass is 32.2. The van der Waals surface area contributed by atoms with Crippen molar-refractivity contribution < 1.29 is 32.2 Å². The van der Waals surface area contributed by atoms with Crippen molar-refractivity contribution in [3.63, 3.8) is 0 Å². The minimum Gasteiger partial charge on any atom is -0.487 e. The van der Waals surface area contributed by atoms with Crippen molar-refractivity contribution in [3.05, 3.63) is 33.2 Å². The van der Waals surface area contributed by atoms with E-state index in [-0.39, 0.29) is 11.5 Å². The summed E-state index contributed by atoms with van der Waals surface area (Å²) < 4.78 is 40.8. The predicted octanol–water partition coefficient (Wildman–Crippen LogP) is 1.17. The molecule has 1 amide bonds. The predicted molar refractivity (Wildman–Crippen MR) is 117 cm³/mol. The minimum absolute atomic E-state index is 0.311. The van der Waals surface area contributed by atoms with Crippen LogP contribution in [-0.4, -0.2) is 55.3 Å². The third-order valence-corrected chi connectivity index (χ3v) is 7.85. The van der Waals surface area contributed by atoms with Crippen molar-refractivity contribution in [1.82, 2.24) is 5.32 Å². The molecule has 2 unspecified atom stereocenters. The Morgan fingerprint density at radius 2 is 2.00 bits per heavy atom. The van der Waals surface area contributed by atoms with Gasteiger partial charge in [0.25, 0.3) is 5.91 Å². The molecule has 1 fully saturated rings. The van der Waals surface area contributed by atoms with Crippen molar-refractivity contribution in [2.45, 2.75) is 58.3 Å². The smallest absolute Gasteiger partial charge is 0.339 e. The Bertz CT molecular complexity index is 1260. The number of aryl methyl sites for hydroxylation is 2. The maximum absolute atomic E-state index is 12.4. The zero-order valence-corrected chi connectivity index (χ0v) is 19.3. The molecule has 4 rings (SSSR count). The van der Waals surface area contributed by atoms with E-state index in [0.29, 0.717) is 40.0 Å². The molecule has 3 heterocycles. The summed E-state index contributed by atoms with van der Waals surface area (Å²) in [6, 6.07) is 0.829. The number of sulfone groups is 1. The summed E-state index contributed by atoms with van der Waals surface area (Å²) in [5, 5.41) is 13.0. The van der Waals surface area contributed by atoms with E-state index < -0.39 is 45.7 Å². The number of hydrogen-bond donors (Lipinski definition) is 2. The van der Waals surface area contributed by atoms with Gasteiger partial charge in [-0.1, -0.05) is 0 Å². The SMILES string of the molecule is Cc1c(C)c2c(OCC(=O)NC3CS(=O)(=O)CC3O)cc3c(c2oc1=O)CCC(C)(C)O3. The van der Waals surface area contributed by atoms with Crippen LogP contribution in [0.1, 0.15) is 37.0 Å². The van der Waals surface area contributed by atoms with Crippen LogP contribution in [0.25, 0.3) is 11.0 Å². The zero-order chi connectivity index (χ0) is 23.4. The molecule has 1 aromatic carbocycles. The minimum atomic E-state index is -3.39. The monoisotopic (exact) mass is 465 g/mol. The van der Waals surface area contributed by atoms with Crippen LogP contribution >= 0.6 is 0 Å². The van der Waals surface area contributed by atoms with Crippen LogP contribution in [0, 0.1) is 13.8 Å². The fourth-order valence-corrected chi connectivity index (χ4v) is 5.95. The molecule has 0 saturated carbocycles. The molecule has 2 aliphatic heterocycles. The molecule has 2 aromatic rings. The van der Waals surface area contributed by atoms with Crippen molar-refractivity contribution >= 4 is 26.7 Å². The van der Waals surface area contributed by atoms with Crippen molar-refractivity contribution in [3.8, 4) is 11.5 Å². The molecule has 0 aliphatic carbocycles. The molecule has 1 aromatic heterocycles. The summed E-state index contributed by atoms with van der Waals surface area (Å²) in [7, 11) is -3.39. The maximum atomic E-state index is 12.4. The number of aliphatic hydroxyl groups is 1. The van der Waals surface area contributed by atoms with Gasteiger partial charge in [-0.05, 0) is 46.1 Å². The summed E-state index contributed by atoms with van der Waals surface area (Å²) in [4.78, 5) is 24.8. The highest BCUT2D eigenvalue weighted by Gasteiger charge is 2.37. The van der Waals surface area contributed by atoms with Gasteiger partial charge in [0, 0.05) is 17.2 Å². The number of carbonyl (C=O) groups is 1. The van der Waals surface area contributed by atoms with E-state index in [1.807, 2.05) is 13.8 Å². The molecule has 9 nitrogen and oxygen atoms in total. The molecule has 2 N–H and O–H groups in total. The number of ether oxygens (including phenoxy) is 2. The Labute approximate surface area is 185 Å². The quantitative estimate of drug-likeness (QED) is 0.643. The van der Waals surface area contributed by atoms with E-state index in [0.717, 1.165) is 12.0 Å². The molecule has 0 bridgehead atoms. The topological polar surface area (TPSA) is 132 Å². The number of benzene rings is 1. The van der Waals surface area contributed by atoms with Crippen LogP contribution < -0.4 is 20.4 Å². The Hall–Kier alpha value is -2.59. The maximum Gasteiger partial charge on any atom is 0.339 e. The summed E-state index contributed by atoms with van der Waals surface area (Å²) in [5.74, 6) is -0.388. The molecule has 1 saturated heterocycles. The van der Waals surface area contributed by atoms with Crippen LogP contribution in [0.2, 0.25) is 0 Å². The Morgan fingerprint density at radius 3 is 2.66 bits per heavy atom. The highest BCUT2D eigenvalue weighted by molar-refractivity contribution is 7.91. The number of nitrogens with one attached hydrogen (secondary N) is 1. The molecule has 2 aliphatic rings. The van der Waals surface area contributed by atoms with Gasteiger partial charge in [0.15, 0.2) is 16.4 Å². The van der Waals surface area contributed by atoms with Gasteiger partial charge < -0.3 is 24.3 Å². The molecule has 32 heavy (non-hydrogen) atoms. The summed E-state index contributed by atoms with van der Waals surface area (Å²) in [6.45, 7) is 6.98. The van der Waals surface area contributed by atoms with Gasteiger partial charge in [-0.2, -0.15) is 0 Å². The van der Waals surface area contributed by atoms with Gasteiger partial charge in [0.05, 0.1) is 29.0 Å². The second-order valence-corrected chi connectivity index (χ2v) is 11.3. The summed E-state index contributed by atoms with van der Waals surface area (Å²) >= 11 is 0. The largest absolute Gasteiger partial charge is 0.487 e. The molecule has 10 heteroatoms. The van der Waals surface area contributed by atoms with Crippen LogP contribution in [0.15, 0.2) is 15.3 Å². The average Bonchev–Trinajstić information content (AvgIpc) is 2.94. The second-order valence-electron chi connectivity index (χ2n) is 9.16. The van der Waals surface area contributed by atoms with Gasteiger partial charge in [-0.15, -0.1) is 0 Å². The highest BCUT2D eigenvalue weighted by Crippen LogP contribution is 2.43. The lowest BCUT2D eigenvalue weighted by Gasteiger charge is -2.33. The molecular formula is C22H27NO8S. The number of rotatable bonds is 4. The number of amides is 1. The van der Waals surface area contributed by atoms with E-state index in [1.165, 1.54) is 0 Å². The van der Waals surface area contributed by atoms with Gasteiger partial charge in [-0.3, -0.25) is 4.79 Å². The third-order valence-electron chi connectivity index (χ3n) is 6.14. The zero-order valence-electron chi connectivity index (χ0n) is 18.5. The van der Waals surface area contributed by atoms with Crippen LogP contribution in [0.4, 0.5) is 0 Å². The lowest BCUT2D eigenvalue weighted by molar-refractivity contribution is -0.124.